The molecule has 2 heterocycles. The van der Waals surface area contributed by atoms with Crippen molar-refractivity contribution < 1.29 is 53.0 Å². The molecule has 5 aromatic rings. The van der Waals surface area contributed by atoms with Crippen LogP contribution in [0.4, 0.5) is 43.9 Å². The van der Waals surface area contributed by atoms with E-state index < -0.39 is 105 Å². The Morgan fingerprint density at radius 3 is 1.23 bits per heavy atom. The third-order valence-electron chi connectivity index (χ3n) is 7.86. The van der Waals surface area contributed by atoms with Crippen LogP contribution in [0.1, 0.15) is 0 Å². The molecule has 0 aliphatic carbocycles. The second-order valence-corrected chi connectivity index (χ2v) is 15.2. The van der Waals surface area contributed by atoms with Crippen molar-refractivity contribution in [3.8, 4) is 22.3 Å². The van der Waals surface area contributed by atoms with E-state index in [1.165, 1.54) is 36.4 Å². The molecular formula is C30H10F10O2P2. The van der Waals surface area contributed by atoms with Crippen LogP contribution >= 0.6 is 14.3 Å². The molecule has 2 nitrogen and oxygen atoms in total. The summed E-state index contributed by atoms with van der Waals surface area (Å²) in [5.41, 5.74) is -0.669. The highest BCUT2D eigenvalue weighted by atomic mass is 31.2. The lowest BCUT2D eigenvalue weighted by Gasteiger charge is -2.21. The van der Waals surface area contributed by atoms with Crippen molar-refractivity contribution in [3.63, 3.8) is 0 Å². The van der Waals surface area contributed by atoms with Gasteiger partial charge >= 0.3 is 0 Å². The van der Waals surface area contributed by atoms with Crippen LogP contribution in [0, 0.1) is 58.2 Å². The first-order valence-electron chi connectivity index (χ1n) is 12.4. The summed E-state index contributed by atoms with van der Waals surface area (Å²) in [6.07, 6.45) is 0. The molecule has 222 valence electrons. The van der Waals surface area contributed by atoms with E-state index in [9.17, 15) is 30.9 Å². The van der Waals surface area contributed by atoms with Gasteiger partial charge < -0.3 is 9.13 Å². The van der Waals surface area contributed by atoms with Crippen LogP contribution in [-0.2, 0) is 9.13 Å². The van der Waals surface area contributed by atoms with Crippen molar-refractivity contribution in [1.82, 2.24) is 0 Å². The number of rotatable bonds is 2. The highest BCUT2D eigenvalue weighted by Gasteiger charge is 2.53. The molecule has 2 unspecified atom stereocenters. The Balaban J connectivity index is 1.69. The molecule has 0 N–H and O–H groups in total. The van der Waals surface area contributed by atoms with Gasteiger partial charge in [0.25, 0.3) is 0 Å². The number of hydrogen-bond donors (Lipinski definition) is 0. The number of halogens is 10. The van der Waals surface area contributed by atoms with Crippen LogP contribution in [0.3, 0.4) is 0 Å². The minimum Gasteiger partial charge on any atom is -0.308 e. The third-order valence-corrected chi connectivity index (χ3v) is 14.2. The molecule has 0 radical (unpaired) electrons. The van der Waals surface area contributed by atoms with E-state index in [-0.39, 0.29) is 22.0 Å². The molecule has 2 aliphatic rings. The molecule has 14 heteroatoms. The number of benzene rings is 5. The fourth-order valence-corrected chi connectivity index (χ4v) is 12.7. The van der Waals surface area contributed by atoms with Gasteiger partial charge in [-0.25, -0.2) is 43.9 Å². The third kappa shape index (κ3) is 3.20. The van der Waals surface area contributed by atoms with E-state index in [2.05, 4.69) is 0 Å². The maximum atomic E-state index is 15.4. The second-order valence-electron chi connectivity index (χ2n) is 9.95. The highest BCUT2D eigenvalue weighted by Crippen LogP contribution is 2.60. The van der Waals surface area contributed by atoms with Gasteiger partial charge in [-0.2, -0.15) is 0 Å². The standard InChI is InChI=1S/C30H10F10O2P2/c31-18-20(33)24(37)29(25(38)21(18)34)43(41)15-8-4-2-6-13(15)17-16(43)10-9-12-11-5-1-3-7-14(11)44(42,28(12)17)30-26(39)22(35)19(32)23(36)27(30)40/h1-10H. The first-order chi connectivity index (χ1) is 20.8. The van der Waals surface area contributed by atoms with Gasteiger partial charge in [0.1, 0.15) is 0 Å². The van der Waals surface area contributed by atoms with Crippen molar-refractivity contribution in [2.45, 2.75) is 0 Å². The Morgan fingerprint density at radius 2 is 0.727 bits per heavy atom. The van der Waals surface area contributed by atoms with Gasteiger partial charge in [-0.05, 0) is 22.8 Å². The van der Waals surface area contributed by atoms with E-state index in [1.807, 2.05) is 0 Å². The fourth-order valence-electron chi connectivity index (χ4n) is 6.05. The molecule has 5 aromatic carbocycles. The summed E-state index contributed by atoms with van der Waals surface area (Å²) in [5, 5.41) is -5.40. The van der Waals surface area contributed by atoms with Gasteiger partial charge in [-0.3, -0.25) is 0 Å². The maximum absolute atomic E-state index is 15.4. The zero-order valence-electron chi connectivity index (χ0n) is 21.3. The van der Waals surface area contributed by atoms with Gasteiger partial charge in [0.15, 0.2) is 60.8 Å². The normalized spacial score (nSPS) is 19.5. The molecule has 0 amide bonds. The van der Waals surface area contributed by atoms with Gasteiger partial charge in [0.05, 0.1) is 10.6 Å². The predicted molar refractivity (Wildman–Crippen MR) is 143 cm³/mol. The molecule has 0 saturated carbocycles. The van der Waals surface area contributed by atoms with Gasteiger partial charge in [0.2, 0.25) is 11.6 Å². The summed E-state index contributed by atoms with van der Waals surface area (Å²) >= 11 is 0. The molecule has 0 spiro atoms. The lowest BCUT2D eigenvalue weighted by Crippen LogP contribution is -2.32. The molecular weight excluding hydrogens is 644 g/mol. The number of hydrogen-bond acceptors (Lipinski definition) is 2. The van der Waals surface area contributed by atoms with E-state index >= 15 is 22.1 Å². The number of fused-ring (bicyclic) bond motifs is 7. The lowest BCUT2D eigenvalue weighted by atomic mass is 9.99. The molecule has 0 aromatic heterocycles. The zero-order valence-corrected chi connectivity index (χ0v) is 23.1. The Hall–Kier alpha value is -4.14. The molecule has 0 saturated heterocycles. The van der Waals surface area contributed by atoms with Crippen molar-refractivity contribution >= 4 is 46.1 Å². The van der Waals surface area contributed by atoms with E-state index in [0.717, 1.165) is 24.3 Å². The lowest BCUT2D eigenvalue weighted by molar-refractivity contribution is 0.384. The van der Waals surface area contributed by atoms with Crippen LogP contribution in [0.25, 0.3) is 22.3 Å². The molecule has 7 rings (SSSR count). The summed E-state index contributed by atoms with van der Waals surface area (Å²) in [7, 11) is -10.3. The van der Waals surface area contributed by atoms with Gasteiger partial charge in [0, 0.05) is 26.8 Å². The Kier molecular flexibility index (Phi) is 5.98. The van der Waals surface area contributed by atoms with Crippen LogP contribution in [-0.4, -0.2) is 0 Å². The van der Waals surface area contributed by atoms with Crippen LogP contribution in [0.15, 0.2) is 60.7 Å². The van der Waals surface area contributed by atoms with Crippen molar-refractivity contribution in [2.75, 3.05) is 0 Å². The van der Waals surface area contributed by atoms with E-state index in [4.69, 9.17) is 0 Å². The van der Waals surface area contributed by atoms with Crippen molar-refractivity contribution in [3.05, 3.63) is 119 Å². The first kappa shape index (κ1) is 28.6. The first-order valence-corrected chi connectivity index (χ1v) is 15.8. The summed E-state index contributed by atoms with van der Waals surface area (Å²) < 4.78 is 177. The van der Waals surface area contributed by atoms with Crippen LogP contribution < -0.4 is 31.8 Å². The molecule has 0 fully saturated rings. The SMILES string of the molecule is O=P1(c2c(F)c(F)c(F)c(F)c2F)c2ccccc2-c2c1ccc1c2P(=O)(c2c(F)c(F)c(F)c(F)c2F)c2ccccc2-1. The van der Waals surface area contributed by atoms with Crippen molar-refractivity contribution in [1.29, 1.82) is 0 Å². The molecule has 0 bridgehead atoms. The van der Waals surface area contributed by atoms with Crippen LogP contribution in [0.5, 0.6) is 0 Å². The largest absolute Gasteiger partial charge is 0.308 e. The maximum Gasteiger partial charge on any atom is 0.200 e. The molecule has 2 aliphatic heterocycles. The Labute approximate surface area is 240 Å². The topological polar surface area (TPSA) is 34.1 Å². The van der Waals surface area contributed by atoms with E-state index in [0.29, 0.717) is 0 Å². The molecule has 2 atom stereocenters. The smallest absolute Gasteiger partial charge is 0.200 e. The summed E-state index contributed by atoms with van der Waals surface area (Å²) in [6, 6.07) is 12.1. The van der Waals surface area contributed by atoms with E-state index in [1.54, 1.807) is 0 Å². The average molecular weight is 654 g/mol. The monoisotopic (exact) mass is 654 g/mol. The highest BCUT2D eigenvalue weighted by molar-refractivity contribution is 7.88. The zero-order chi connectivity index (χ0) is 31.6. The minimum absolute atomic E-state index is 0.0352. The fraction of sp³-hybridized carbons (Fsp3) is 0. The quantitative estimate of drug-likeness (QED) is 0.0948. The Bertz CT molecular complexity index is 2210. The Morgan fingerprint density at radius 1 is 0.341 bits per heavy atom. The molecule has 44 heavy (non-hydrogen) atoms. The predicted octanol–water partition coefficient (Wildman–Crippen LogP) is 6.32. The minimum atomic E-state index is -5.16. The van der Waals surface area contributed by atoms with Gasteiger partial charge in [-0.15, -0.1) is 0 Å². The van der Waals surface area contributed by atoms with Crippen molar-refractivity contribution in [2.24, 2.45) is 0 Å². The second kappa shape index (κ2) is 9.19. The van der Waals surface area contributed by atoms with Gasteiger partial charge in [-0.1, -0.05) is 54.6 Å². The summed E-state index contributed by atoms with van der Waals surface area (Å²) in [4.78, 5) is 0. The summed E-state index contributed by atoms with van der Waals surface area (Å²) in [6.45, 7) is 0. The average Bonchev–Trinajstić information content (AvgIpc) is 3.44. The summed E-state index contributed by atoms with van der Waals surface area (Å²) in [5.74, 6) is -24.2. The van der Waals surface area contributed by atoms with Crippen LogP contribution in [0.2, 0.25) is 0 Å².